The fourth-order valence-electron chi connectivity index (χ4n) is 2.49. The van der Waals surface area contributed by atoms with Crippen molar-refractivity contribution >= 4 is 5.97 Å². The molecular weight excluding hydrogens is 154 g/mol. The Morgan fingerprint density at radius 3 is 2.50 bits per heavy atom. The van der Waals surface area contributed by atoms with E-state index in [4.69, 9.17) is 10.8 Å². The summed E-state index contributed by atoms with van der Waals surface area (Å²) in [6.45, 7) is 0. The van der Waals surface area contributed by atoms with Gasteiger partial charge in [-0.2, -0.15) is 0 Å². The summed E-state index contributed by atoms with van der Waals surface area (Å²) >= 11 is 0. The number of nitrogens with two attached hydrogens (primary N) is 1. The van der Waals surface area contributed by atoms with E-state index in [2.05, 4.69) is 0 Å². The molecule has 12 heavy (non-hydrogen) atoms. The number of carboxylic acids is 1. The molecule has 2 fully saturated rings. The highest BCUT2D eigenvalue weighted by Crippen LogP contribution is 2.55. The van der Waals surface area contributed by atoms with Crippen LogP contribution in [0, 0.1) is 17.8 Å². The second-order valence-corrected chi connectivity index (χ2v) is 4.27. The Kier molecular flexibility index (Phi) is 1.83. The summed E-state index contributed by atoms with van der Waals surface area (Å²) in [6.07, 6.45) is 4.53. The molecule has 2 saturated carbocycles. The summed E-state index contributed by atoms with van der Waals surface area (Å²) in [7, 11) is 0. The van der Waals surface area contributed by atoms with E-state index >= 15 is 0 Å². The fraction of sp³-hybridized carbons (Fsp3) is 0.889. The molecule has 0 spiro atoms. The third-order valence-electron chi connectivity index (χ3n) is 3.25. The zero-order valence-corrected chi connectivity index (χ0v) is 7.07. The van der Waals surface area contributed by atoms with Gasteiger partial charge < -0.3 is 10.8 Å². The molecule has 68 valence electrons. The van der Waals surface area contributed by atoms with Crippen molar-refractivity contribution in [3.05, 3.63) is 0 Å². The average Bonchev–Trinajstić information content (AvgIpc) is 2.59. The Morgan fingerprint density at radius 2 is 2.00 bits per heavy atom. The van der Waals surface area contributed by atoms with Crippen LogP contribution in [0.25, 0.3) is 0 Å². The zero-order chi connectivity index (χ0) is 8.72. The minimum Gasteiger partial charge on any atom is -0.480 e. The first kappa shape index (κ1) is 8.05. The summed E-state index contributed by atoms with van der Waals surface area (Å²) in [5, 5.41) is 8.59. The highest BCUT2D eigenvalue weighted by Gasteiger charge is 2.46. The molecule has 2 aliphatic rings. The Hall–Kier alpha value is -0.570. The monoisotopic (exact) mass is 169 g/mol. The van der Waals surface area contributed by atoms with Gasteiger partial charge in [-0.15, -0.1) is 0 Å². The molecule has 0 bridgehead atoms. The summed E-state index contributed by atoms with van der Waals surface area (Å²) in [6, 6.07) is -0.632. The molecule has 0 aromatic heterocycles. The lowest BCUT2D eigenvalue weighted by Crippen LogP contribution is -2.32. The van der Waals surface area contributed by atoms with Crippen molar-refractivity contribution in [3.63, 3.8) is 0 Å². The number of hydrogen-bond donors (Lipinski definition) is 2. The quantitative estimate of drug-likeness (QED) is 0.658. The van der Waals surface area contributed by atoms with Gasteiger partial charge in [-0.05, 0) is 43.4 Å². The molecule has 3 heteroatoms. The van der Waals surface area contributed by atoms with Crippen molar-refractivity contribution < 1.29 is 9.90 Å². The Morgan fingerprint density at radius 1 is 1.42 bits per heavy atom. The van der Waals surface area contributed by atoms with Crippen molar-refractivity contribution in [2.45, 2.75) is 31.7 Å². The maximum absolute atomic E-state index is 10.5. The molecule has 0 aromatic carbocycles. The normalized spacial score (nSPS) is 40.6. The number of fused-ring (bicyclic) bond motifs is 1. The second kappa shape index (κ2) is 2.73. The Balaban J connectivity index is 1.76. The molecule has 2 aliphatic carbocycles. The van der Waals surface area contributed by atoms with Gasteiger partial charge in [0.05, 0.1) is 0 Å². The van der Waals surface area contributed by atoms with E-state index in [0.29, 0.717) is 12.3 Å². The highest BCUT2D eigenvalue weighted by molar-refractivity contribution is 5.73. The van der Waals surface area contributed by atoms with Crippen LogP contribution in [0.15, 0.2) is 0 Å². The number of aliphatic carboxylic acids is 1. The molecule has 3 nitrogen and oxygen atoms in total. The Bertz CT molecular complexity index is 195. The molecule has 3 N–H and O–H groups in total. The maximum atomic E-state index is 10.5. The third-order valence-corrected chi connectivity index (χ3v) is 3.25. The van der Waals surface area contributed by atoms with Crippen molar-refractivity contribution in [1.82, 2.24) is 0 Å². The molecule has 2 rings (SSSR count). The largest absolute Gasteiger partial charge is 0.480 e. The summed E-state index contributed by atoms with van der Waals surface area (Å²) in [5.74, 6) is 1.60. The molecule has 4 atom stereocenters. The van der Waals surface area contributed by atoms with Crippen molar-refractivity contribution in [2.75, 3.05) is 0 Å². The third kappa shape index (κ3) is 1.46. The van der Waals surface area contributed by atoms with Gasteiger partial charge in [-0.25, -0.2) is 0 Å². The number of carboxylic acid groups (broad SMARTS) is 1. The lowest BCUT2D eigenvalue weighted by atomic mass is 9.95. The minimum atomic E-state index is -0.851. The first-order chi connectivity index (χ1) is 5.66. The fourth-order valence-corrected chi connectivity index (χ4v) is 2.49. The molecule has 0 saturated heterocycles. The lowest BCUT2D eigenvalue weighted by molar-refractivity contribution is -0.138. The van der Waals surface area contributed by atoms with Crippen LogP contribution in [0.4, 0.5) is 0 Å². The van der Waals surface area contributed by atoms with E-state index in [-0.39, 0.29) is 0 Å². The van der Waals surface area contributed by atoms with Crippen LogP contribution in [0.2, 0.25) is 0 Å². The summed E-state index contributed by atoms with van der Waals surface area (Å²) in [5.41, 5.74) is 5.46. The standard InChI is InChI=1S/C9H15NO2/c10-8(9(11)12)3-5-1-6-4-7(6)2-5/h5-8H,1-4,10H2,(H,11,12)/t5-,6+,7-,8?. The van der Waals surface area contributed by atoms with Gasteiger partial charge >= 0.3 is 5.97 Å². The Labute approximate surface area is 71.9 Å². The average molecular weight is 169 g/mol. The van der Waals surface area contributed by atoms with Gasteiger partial charge in [0.2, 0.25) is 0 Å². The summed E-state index contributed by atoms with van der Waals surface area (Å²) in [4.78, 5) is 10.5. The first-order valence-electron chi connectivity index (χ1n) is 4.65. The van der Waals surface area contributed by atoms with E-state index in [0.717, 1.165) is 11.8 Å². The number of rotatable bonds is 3. The van der Waals surface area contributed by atoms with Crippen LogP contribution < -0.4 is 5.73 Å². The van der Waals surface area contributed by atoms with Gasteiger partial charge in [0, 0.05) is 0 Å². The van der Waals surface area contributed by atoms with Crippen LogP contribution >= 0.6 is 0 Å². The number of hydrogen-bond acceptors (Lipinski definition) is 2. The van der Waals surface area contributed by atoms with Gasteiger partial charge in [-0.3, -0.25) is 4.79 Å². The molecule has 0 aliphatic heterocycles. The molecule has 1 unspecified atom stereocenters. The van der Waals surface area contributed by atoms with Gasteiger partial charge in [0.1, 0.15) is 6.04 Å². The predicted octanol–water partition coefficient (Wildman–Crippen LogP) is 0.834. The number of carbonyl (C=O) groups is 1. The van der Waals surface area contributed by atoms with Crippen LogP contribution in [-0.2, 0) is 4.79 Å². The minimum absolute atomic E-state index is 0.597. The topological polar surface area (TPSA) is 63.3 Å². The maximum Gasteiger partial charge on any atom is 0.320 e. The van der Waals surface area contributed by atoms with E-state index in [1.165, 1.54) is 19.3 Å². The van der Waals surface area contributed by atoms with E-state index in [1.54, 1.807) is 0 Å². The molecule has 0 aromatic rings. The first-order valence-corrected chi connectivity index (χ1v) is 4.65. The van der Waals surface area contributed by atoms with Crippen LogP contribution in [0.5, 0.6) is 0 Å². The van der Waals surface area contributed by atoms with E-state index in [9.17, 15) is 4.79 Å². The van der Waals surface area contributed by atoms with E-state index < -0.39 is 12.0 Å². The van der Waals surface area contributed by atoms with Crippen LogP contribution in [-0.4, -0.2) is 17.1 Å². The van der Waals surface area contributed by atoms with Crippen LogP contribution in [0.3, 0.4) is 0 Å². The van der Waals surface area contributed by atoms with Gasteiger partial charge in [0.15, 0.2) is 0 Å². The zero-order valence-electron chi connectivity index (χ0n) is 7.07. The molecular formula is C9H15NO2. The van der Waals surface area contributed by atoms with Crippen molar-refractivity contribution in [1.29, 1.82) is 0 Å². The van der Waals surface area contributed by atoms with E-state index in [1.807, 2.05) is 0 Å². The SMILES string of the molecule is NC(C[C@H]1C[C@@H]2C[C@@H]2C1)C(=O)O. The highest BCUT2D eigenvalue weighted by atomic mass is 16.4. The van der Waals surface area contributed by atoms with Gasteiger partial charge in [0.25, 0.3) is 0 Å². The van der Waals surface area contributed by atoms with Gasteiger partial charge in [-0.1, -0.05) is 0 Å². The smallest absolute Gasteiger partial charge is 0.320 e. The van der Waals surface area contributed by atoms with Crippen LogP contribution in [0.1, 0.15) is 25.7 Å². The van der Waals surface area contributed by atoms with Crippen molar-refractivity contribution in [2.24, 2.45) is 23.5 Å². The summed E-state index contributed by atoms with van der Waals surface area (Å²) < 4.78 is 0. The predicted molar refractivity (Wildman–Crippen MR) is 44.5 cm³/mol. The molecule has 0 heterocycles. The molecule has 0 amide bonds. The van der Waals surface area contributed by atoms with Crippen molar-refractivity contribution in [3.8, 4) is 0 Å². The lowest BCUT2D eigenvalue weighted by Gasteiger charge is -2.13. The molecule has 0 radical (unpaired) electrons. The second-order valence-electron chi connectivity index (χ2n) is 4.27.